The van der Waals surface area contributed by atoms with E-state index in [0.29, 0.717) is 30.9 Å². The van der Waals surface area contributed by atoms with Crippen molar-refractivity contribution in [1.29, 1.82) is 0 Å². The molecule has 2 amide bonds. The fourth-order valence-corrected chi connectivity index (χ4v) is 2.69. The molecule has 1 aliphatic carbocycles. The molecule has 6 heteroatoms. The Kier molecular flexibility index (Phi) is 5.21. The lowest BCUT2D eigenvalue weighted by atomic mass is 9.91. The van der Waals surface area contributed by atoms with Gasteiger partial charge in [0, 0.05) is 30.5 Å². The van der Waals surface area contributed by atoms with Gasteiger partial charge >= 0.3 is 0 Å². The molecule has 1 aliphatic rings. The number of hydrogen-bond acceptors (Lipinski definition) is 4. The van der Waals surface area contributed by atoms with Gasteiger partial charge in [-0.2, -0.15) is 0 Å². The van der Waals surface area contributed by atoms with Gasteiger partial charge in [0.15, 0.2) is 5.69 Å². The van der Waals surface area contributed by atoms with Crippen molar-refractivity contribution in [3.05, 3.63) is 17.0 Å². The highest BCUT2D eigenvalue weighted by Crippen LogP contribution is 2.25. The van der Waals surface area contributed by atoms with Crippen molar-refractivity contribution in [2.45, 2.75) is 65.5 Å². The summed E-state index contributed by atoms with van der Waals surface area (Å²) in [6, 6.07) is 0.0914. The summed E-state index contributed by atoms with van der Waals surface area (Å²) in [4.78, 5) is 24.0. The van der Waals surface area contributed by atoms with Crippen molar-refractivity contribution in [1.82, 2.24) is 15.8 Å². The summed E-state index contributed by atoms with van der Waals surface area (Å²) in [6.07, 6.45) is 2.64. The number of fused-ring (bicyclic) bond motifs is 1. The molecule has 0 bridgehead atoms. The minimum atomic E-state index is -0.214. The number of hydrogen-bond donors (Lipinski definition) is 2. The zero-order valence-corrected chi connectivity index (χ0v) is 13.7. The van der Waals surface area contributed by atoms with E-state index in [1.165, 1.54) is 0 Å². The van der Waals surface area contributed by atoms with Crippen LogP contribution in [0.3, 0.4) is 0 Å². The van der Waals surface area contributed by atoms with Gasteiger partial charge in [0.25, 0.3) is 5.91 Å². The maximum absolute atomic E-state index is 12.1. The van der Waals surface area contributed by atoms with Crippen LogP contribution in [0.5, 0.6) is 0 Å². The third-order valence-electron chi connectivity index (χ3n) is 3.63. The molecule has 6 nitrogen and oxygen atoms in total. The lowest BCUT2D eigenvalue weighted by Gasteiger charge is -2.23. The summed E-state index contributed by atoms with van der Waals surface area (Å²) in [6.45, 7) is 7.85. The molecule has 0 radical (unpaired) electrons. The first-order valence-electron chi connectivity index (χ1n) is 7.94. The maximum Gasteiger partial charge on any atom is 0.273 e. The number of aromatic nitrogens is 1. The van der Waals surface area contributed by atoms with Gasteiger partial charge in [0.2, 0.25) is 5.91 Å². The van der Waals surface area contributed by atoms with Crippen LogP contribution in [0.2, 0.25) is 0 Å². The molecule has 1 aromatic rings. The average molecular weight is 307 g/mol. The zero-order valence-electron chi connectivity index (χ0n) is 13.7. The number of carbonyl (C=O) groups excluding carboxylic acids is 2. The van der Waals surface area contributed by atoms with E-state index in [1.807, 2.05) is 27.7 Å². The largest absolute Gasteiger partial charge is 0.360 e. The smallest absolute Gasteiger partial charge is 0.273 e. The van der Waals surface area contributed by atoms with Crippen LogP contribution in [0.1, 0.15) is 62.3 Å². The quantitative estimate of drug-likeness (QED) is 0.869. The lowest BCUT2D eigenvalue weighted by Crippen LogP contribution is -2.40. The van der Waals surface area contributed by atoms with Crippen molar-refractivity contribution >= 4 is 11.8 Å². The Hall–Kier alpha value is -1.85. The van der Waals surface area contributed by atoms with Gasteiger partial charge < -0.3 is 15.2 Å². The Morgan fingerprint density at radius 3 is 2.68 bits per heavy atom. The first-order chi connectivity index (χ1) is 10.4. The summed E-state index contributed by atoms with van der Waals surface area (Å²) in [7, 11) is 0. The molecular weight excluding hydrogens is 282 g/mol. The Balaban J connectivity index is 2.04. The highest BCUT2D eigenvalue weighted by atomic mass is 16.5. The van der Waals surface area contributed by atoms with E-state index in [1.54, 1.807) is 0 Å². The Morgan fingerprint density at radius 1 is 1.32 bits per heavy atom. The van der Waals surface area contributed by atoms with Gasteiger partial charge in [-0.1, -0.05) is 19.0 Å². The number of nitrogens with zero attached hydrogens (tertiary/aromatic N) is 1. The highest BCUT2D eigenvalue weighted by Gasteiger charge is 2.29. The van der Waals surface area contributed by atoms with Gasteiger partial charge in [-0.3, -0.25) is 9.59 Å². The first kappa shape index (κ1) is 16.5. The predicted molar refractivity (Wildman–Crippen MR) is 82.5 cm³/mol. The molecule has 2 N–H and O–H groups in total. The van der Waals surface area contributed by atoms with Gasteiger partial charge in [0.05, 0.1) is 0 Å². The number of carbonyl (C=O) groups is 2. The third kappa shape index (κ3) is 4.08. The summed E-state index contributed by atoms with van der Waals surface area (Å²) in [5.41, 5.74) is 1.19. The lowest BCUT2D eigenvalue weighted by molar-refractivity contribution is -0.122. The SMILES string of the molecule is CC(C)CC(=O)NC1CCc2onc(C(=O)NC(C)C)c2C1. The number of aryl methyl sites for hydroxylation is 1. The number of amides is 2. The minimum absolute atomic E-state index is 0.0451. The Morgan fingerprint density at radius 2 is 2.05 bits per heavy atom. The van der Waals surface area contributed by atoms with Crippen molar-refractivity contribution in [3.63, 3.8) is 0 Å². The van der Waals surface area contributed by atoms with E-state index in [4.69, 9.17) is 4.52 Å². The molecule has 0 fully saturated rings. The van der Waals surface area contributed by atoms with Crippen molar-refractivity contribution in [2.24, 2.45) is 5.92 Å². The van der Waals surface area contributed by atoms with E-state index in [-0.39, 0.29) is 23.9 Å². The molecule has 1 heterocycles. The van der Waals surface area contributed by atoms with Crippen molar-refractivity contribution in [3.8, 4) is 0 Å². The first-order valence-corrected chi connectivity index (χ1v) is 7.94. The van der Waals surface area contributed by atoms with Gasteiger partial charge in [0.1, 0.15) is 5.76 Å². The van der Waals surface area contributed by atoms with Crippen LogP contribution in [0.4, 0.5) is 0 Å². The topological polar surface area (TPSA) is 84.2 Å². The Bertz CT molecular complexity index is 549. The maximum atomic E-state index is 12.1. The van der Waals surface area contributed by atoms with Gasteiger partial charge in [-0.25, -0.2) is 0 Å². The molecule has 22 heavy (non-hydrogen) atoms. The second kappa shape index (κ2) is 6.94. The fourth-order valence-electron chi connectivity index (χ4n) is 2.69. The van der Waals surface area contributed by atoms with E-state index in [9.17, 15) is 9.59 Å². The normalized spacial score (nSPS) is 17.5. The van der Waals surface area contributed by atoms with Crippen LogP contribution in [0, 0.1) is 5.92 Å². The molecule has 0 aliphatic heterocycles. The summed E-state index contributed by atoms with van der Waals surface area (Å²) >= 11 is 0. The van der Waals surface area contributed by atoms with E-state index in [2.05, 4.69) is 15.8 Å². The van der Waals surface area contributed by atoms with Crippen LogP contribution in [0.15, 0.2) is 4.52 Å². The molecule has 0 saturated heterocycles. The predicted octanol–water partition coefficient (Wildman–Crippen LogP) is 1.83. The van der Waals surface area contributed by atoms with Gasteiger partial charge in [-0.15, -0.1) is 0 Å². The monoisotopic (exact) mass is 307 g/mol. The van der Waals surface area contributed by atoms with Crippen molar-refractivity contribution < 1.29 is 14.1 Å². The molecule has 1 atom stereocenters. The molecule has 0 spiro atoms. The van der Waals surface area contributed by atoms with Crippen LogP contribution < -0.4 is 10.6 Å². The summed E-state index contributed by atoms with van der Waals surface area (Å²) < 4.78 is 5.28. The Labute approximate surface area is 131 Å². The van der Waals surface area contributed by atoms with Crippen LogP contribution in [-0.4, -0.2) is 29.1 Å². The van der Waals surface area contributed by atoms with E-state index >= 15 is 0 Å². The minimum Gasteiger partial charge on any atom is -0.360 e. The molecular formula is C16H25N3O3. The molecule has 1 unspecified atom stereocenters. The highest BCUT2D eigenvalue weighted by molar-refractivity contribution is 5.94. The molecule has 1 aromatic heterocycles. The molecule has 2 rings (SSSR count). The standard InChI is InChI=1S/C16H25N3O3/c1-9(2)7-14(20)18-11-5-6-13-12(8-11)15(19-22-13)16(21)17-10(3)4/h9-11H,5-8H2,1-4H3,(H,17,21)(H,18,20). The average Bonchev–Trinajstić information content (AvgIpc) is 2.79. The second-order valence-electron chi connectivity index (χ2n) is 6.67. The summed E-state index contributed by atoms with van der Waals surface area (Å²) in [5.74, 6) is 0.952. The van der Waals surface area contributed by atoms with E-state index < -0.39 is 0 Å². The fraction of sp³-hybridized carbons (Fsp3) is 0.688. The molecule has 122 valence electrons. The zero-order chi connectivity index (χ0) is 16.3. The van der Waals surface area contributed by atoms with E-state index in [0.717, 1.165) is 17.7 Å². The van der Waals surface area contributed by atoms with Crippen LogP contribution >= 0.6 is 0 Å². The third-order valence-corrected chi connectivity index (χ3v) is 3.63. The number of nitrogens with one attached hydrogen (secondary N) is 2. The summed E-state index contributed by atoms with van der Waals surface area (Å²) in [5, 5.41) is 9.79. The van der Waals surface area contributed by atoms with Gasteiger partial charge in [-0.05, 0) is 32.6 Å². The number of rotatable bonds is 5. The van der Waals surface area contributed by atoms with Crippen LogP contribution in [-0.2, 0) is 17.6 Å². The molecule has 0 aromatic carbocycles. The van der Waals surface area contributed by atoms with Crippen molar-refractivity contribution in [2.75, 3.05) is 0 Å². The second-order valence-corrected chi connectivity index (χ2v) is 6.67. The van der Waals surface area contributed by atoms with Crippen LogP contribution in [0.25, 0.3) is 0 Å². The molecule has 0 saturated carbocycles.